The number of aromatic nitrogens is 1. The summed E-state index contributed by atoms with van der Waals surface area (Å²) in [5, 5.41) is 0. The van der Waals surface area contributed by atoms with Crippen LogP contribution in [0.3, 0.4) is 0 Å². The van der Waals surface area contributed by atoms with Gasteiger partial charge in [0.05, 0.1) is 18.9 Å². The molecule has 5 heteroatoms. The summed E-state index contributed by atoms with van der Waals surface area (Å²) in [6, 6.07) is 6.57. The second-order valence-electron chi connectivity index (χ2n) is 6.27. The van der Waals surface area contributed by atoms with Gasteiger partial charge in [0.1, 0.15) is 0 Å². The maximum atomic E-state index is 6.34. The smallest absolute Gasteiger partial charge is 0.170 e. The zero-order valence-corrected chi connectivity index (χ0v) is 12.9. The predicted molar refractivity (Wildman–Crippen MR) is 80.7 cm³/mol. The number of rotatable bonds is 3. The molecule has 5 nitrogen and oxygen atoms in total. The maximum Gasteiger partial charge on any atom is 0.170 e. The van der Waals surface area contributed by atoms with Crippen LogP contribution >= 0.6 is 0 Å². The van der Waals surface area contributed by atoms with E-state index in [-0.39, 0.29) is 12.1 Å². The molecular weight excluding hydrogens is 266 g/mol. The predicted octanol–water partition coefficient (Wildman–Crippen LogP) is 1.44. The van der Waals surface area contributed by atoms with Crippen molar-refractivity contribution in [1.82, 2.24) is 9.88 Å². The quantitative estimate of drug-likeness (QED) is 0.913. The van der Waals surface area contributed by atoms with Gasteiger partial charge in [-0.2, -0.15) is 0 Å². The number of nitrogens with zero attached hydrogens (tertiary/aromatic N) is 2. The summed E-state index contributed by atoms with van der Waals surface area (Å²) in [6.45, 7) is 4.22. The normalized spacial score (nSPS) is 28.4. The van der Waals surface area contributed by atoms with Crippen molar-refractivity contribution in [3.05, 3.63) is 29.6 Å². The Bertz CT molecular complexity index is 488. The van der Waals surface area contributed by atoms with Crippen LogP contribution in [0.1, 0.15) is 30.7 Å². The third-order valence-corrected chi connectivity index (χ3v) is 4.61. The van der Waals surface area contributed by atoms with Crippen LogP contribution in [0.25, 0.3) is 0 Å². The van der Waals surface area contributed by atoms with Gasteiger partial charge >= 0.3 is 0 Å². The standard InChI is InChI=1S/C16H25N3O2/c1-12-4-3-5-13(18-12)11-19(2)15-10-16(7-6-14(15)17)20-8-9-21-16/h3-5,14-15H,6-11,17H2,1-2H3. The fourth-order valence-corrected chi connectivity index (χ4v) is 3.45. The first-order valence-corrected chi connectivity index (χ1v) is 7.74. The summed E-state index contributed by atoms with van der Waals surface area (Å²) in [5.41, 5.74) is 8.47. The van der Waals surface area contributed by atoms with Gasteiger partial charge in [-0.25, -0.2) is 0 Å². The molecule has 21 heavy (non-hydrogen) atoms. The molecular formula is C16H25N3O2. The molecule has 1 saturated heterocycles. The molecule has 2 fully saturated rings. The minimum absolute atomic E-state index is 0.165. The minimum Gasteiger partial charge on any atom is -0.347 e. The van der Waals surface area contributed by atoms with Crippen molar-refractivity contribution in [3.8, 4) is 0 Å². The molecule has 2 unspecified atom stereocenters. The first-order chi connectivity index (χ1) is 10.1. The van der Waals surface area contributed by atoms with Gasteiger partial charge in [-0.1, -0.05) is 6.07 Å². The van der Waals surface area contributed by atoms with E-state index in [1.165, 1.54) is 0 Å². The van der Waals surface area contributed by atoms with Crippen LogP contribution in [0.15, 0.2) is 18.2 Å². The summed E-state index contributed by atoms with van der Waals surface area (Å²) < 4.78 is 11.7. The lowest BCUT2D eigenvalue weighted by Gasteiger charge is -2.43. The van der Waals surface area contributed by atoms with Crippen LogP contribution in [0, 0.1) is 6.92 Å². The molecule has 1 aromatic heterocycles. The molecule has 1 aliphatic carbocycles. The summed E-state index contributed by atoms with van der Waals surface area (Å²) in [7, 11) is 2.11. The summed E-state index contributed by atoms with van der Waals surface area (Å²) >= 11 is 0. The Hall–Kier alpha value is -1.01. The summed E-state index contributed by atoms with van der Waals surface area (Å²) in [4.78, 5) is 6.87. The van der Waals surface area contributed by atoms with Crippen LogP contribution in [-0.4, -0.2) is 48.0 Å². The SMILES string of the molecule is Cc1cccc(CN(C)C2CC3(CCC2N)OCCO3)n1. The highest BCUT2D eigenvalue weighted by atomic mass is 16.7. The molecule has 0 amide bonds. The molecule has 0 bridgehead atoms. The third-order valence-electron chi connectivity index (χ3n) is 4.61. The van der Waals surface area contributed by atoms with Gasteiger partial charge in [0.2, 0.25) is 0 Å². The first-order valence-electron chi connectivity index (χ1n) is 7.74. The summed E-state index contributed by atoms with van der Waals surface area (Å²) in [5.74, 6) is -0.394. The van der Waals surface area contributed by atoms with E-state index in [4.69, 9.17) is 15.2 Å². The Morgan fingerprint density at radius 3 is 2.86 bits per heavy atom. The van der Waals surface area contributed by atoms with E-state index >= 15 is 0 Å². The molecule has 2 atom stereocenters. The fraction of sp³-hybridized carbons (Fsp3) is 0.688. The maximum absolute atomic E-state index is 6.34. The number of pyridine rings is 1. The van der Waals surface area contributed by atoms with E-state index in [1.54, 1.807) is 0 Å². The summed E-state index contributed by atoms with van der Waals surface area (Å²) in [6.07, 6.45) is 2.69. The van der Waals surface area contributed by atoms with Gasteiger partial charge in [0.15, 0.2) is 5.79 Å². The molecule has 1 aliphatic heterocycles. The monoisotopic (exact) mass is 291 g/mol. The van der Waals surface area contributed by atoms with E-state index in [0.717, 1.165) is 37.2 Å². The Balaban J connectivity index is 1.68. The molecule has 2 heterocycles. The average molecular weight is 291 g/mol. The zero-order valence-electron chi connectivity index (χ0n) is 12.9. The molecule has 3 rings (SSSR count). The number of hydrogen-bond donors (Lipinski definition) is 1. The molecule has 0 radical (unpaired) electrons. The van der Waals surface area contributed by atoms with Crippen LogP contribution in [-0.2, 0) is 16.0 Å². The number of likely N-dealkylation sites (N-methyl/N-ethyl adjacent to an activating group) is 1. The van der Waals surface area contributed by atoms with Gasteiger partial charge in [-0.05, 0) is 32.5 Å². The number of aryl methyl sites for hydroxylation is 1. The van der Waals surface area contributed by atoms with Gasteiger partial charge < -0.3 is 15.2 Å². The third kappa shape index (κ3) is 3.26. The zero-order chi connectivity index (χ0) is 14.9. The second kappa shape index (κ2) is 6.01. The highest BCUT2D eigenvalue weighted by molar-refractivity contribution is 5.10. The van der Waals surface area contributed by atoms with Crippen molar-refractivity contribution in [2.45, 2.75) is 50.6 Å². The Morgan fingerprint density at radius 1 is 1.38 bits per heavy atom. The highest BCUT2D eigenvalue weighted by Crippen LogP contribution is 2.37. The molecule has 1 aromatic rings. The second-order valence-corrected chi connectivity index (χ2v) is 6.27. The number of ether oxygens (including phenoxy) is 2. The Morgan fingerprint density at radius 2 is 2.14 bits per heavy atom. The van der Waals surface area contributed by atoms with Crippen molar-refractivity contribution in [1.29, 1.82) is 0 Å². The van der Waals surface area contributed by atoms with Crippen molar-refractivity contribution in [3.63, 3.8) is 0 Å². The Labute approximate surface area is 126 Å². The lowest BCUT2D eigenvalue weighted by molar-refractivity contribution is -0.191. The molecule has 2 aliphatic rings. The lowest BCUT2D eigenvalue weighted by atomic mass is 9.85. The molecule has 1 saturated carbocycles. The molecule has 1 spiro atoms. The average Bonchev–Trinajstić information content (AvgIpc) is 2.90. The van der Waals surface area contributed by atoms with Crippen LogP contribution < -0.4 is 5.73 Å². The van der Waals surface area contributed by atoms with E-state index in [0.29, 0.717) is 13.2 Å². The van der Waals surface area contributed by atoms with Crippen LogP contribution in [0.2, 0.25) is 0 Å². The fourth-order valence-electron chi connectivity index (χ4n) is 3.45. The molecule has 0 aromatic carbocycles. The van der Waals surface area contributed by atoms with Gasteiger partial charge in [0.25, 0.3) is 0 Å². The van der Waals surface area contributed by atoms with Crippen LogP contribution in [0.4, 0.5) is 0 Å². The highest BCUT2D eigenvalue weighted by Gasteiger charge is 2.45. The number of nitrogens with two attached hydrogens (primary N) is 1. The van der Waals surface area contributed by atoms with E-state index in [9.17, 15) is 0 Å². The largest absolute Gasteiger partial charge is 0.347 e. The van der Waals surface area contributed by atoms with Gasteiger partial charge in [0, 0.05) is 37.2 Å². The van der Waals surface area contributed by atoms with E-state index in [2.05, 4.69) is 29.1 Å². The van der Waals surface area contributed by atoms with E-state index in [1.807, 2.05) is 13.0 Å². The van der Waals surface area contributed by atoms with Gasteiger partial charge in [-0.3, -0.25) is 9.88 Å². The molecule has 116 valence electrons. The lowest BCUT2D eigenvalue weighted by Crippen LogP contribution is -2.55. The van der Waals surface area contributed by atoms with Gasteiger partial charge in [-0.15, -0.1) is 0 Å². The topological polar surface area (TPSA) is 60.6 Å². The number of hydrogen-bond acceptors (Lipinski definition) is 5. The van der Waals surface area contributed by atoms with Crippen molar-refractivity contribution in [2.75, 3.05) is 20.3 Å². The molecule has 2 N–H and O–H groups in total. The van der Waals surface area contributed by atoms with Crippen molar-refractivity contribution in [2.24, 2.45) is 5.73 Å². The van der Waals surface area contributed by atoms with Crippen LogP contribution in [0.5, 0.6) is 0 Å². The minimum atomic E-state index is -0.394. The van der Waals surface area contributed by atoms with Crippen molar-refractivity contribution >= 4 is 0 Å². The van der Waals surface area contributed by atoms with Crippen molar-refractivity contribution < 1.29 is 9.47 Å². The first kappa shape index (κ1) is 14.9. The Kier molecular flexibility index (Phi) is 4.26. The van der Waals surface area contributed by atoms with E-state index < -0.39 is 5.79 Å².